The van der Waals surface area contributed by atoms with E-state index in [1.165, 1.54) is 44.9 Å². The Bertz CT molecular complexity index is 402. The number of carbonyl (C=O) groups is 2. The van der Waals surface area contributed by atoms with E-state index in [9.17, 15) is 19.8 Å². The van der Waals surface area contributed by atoms with Crippen molar-refractivity contribution in [3.05, 3.63) is 12.2 Å². The highest BCUT2D eigenvalue weighted by Crippen LogP contribution is 2.08. The minimum Gasteiger partial charge on any atom is -0.545 e. The molecule has 0 aliphatic rings. The summed E-state index contributed by atoms with van der Waals surface area (Å²) in [6.07, 6.45) is 11.2. The van der Waals surface area contributed by atoms with Gasteiger partial charge in [0, 0.05) is 12.7 Å². The molecule has 28 heavy (non-hydrogen) atoms. The van der Waals surface area contributed by atoms with Crippen LogP contribution in [0.4, 0.5) is 0 Å². The number of unbranched alkanes of at least 4 members (excludes halogenated alkanes) is 7. The van der Waals surface area contributed by atoms with Crippen molar-refractivity contribution < 1.29 is 35.0 Å². The predicted molar refractivity (Wildman–Crippen MR) is 108 cm³/mol. The van der Waals surface area contributed by atoms with Gasteiger partial charge in [-0.15, -0.1) is 0 Å². The van der Waals surface area contributed by atoms with Crippen molar-refractivity contribution in [1.82, 2.24) is 0 Å². The molecular formula is C21H41NO6. The summed E-state index contributed by atoms with van der Waals surface area (Å²) in [4.78, 5) is 19.0. The molecule has 0 saturated heterocycles. The number of aliphatic carboxylic acids is 2. The van der Waals surface area contributed by atoms with Gasteiger partial charge in [-0.3, -0.25) is 0 Å². The second kappa shape index (κ2) is 18.9. The van der Waals surface area contributed by atoms with Crippen molar-refractivity contribution >= 4 is 11.9 Å². The minimum atomic E-state index is -1.51. The molecule has 0 heterocycles. The number of carboxylic acids is 2. The van der Waals surface area contributed by atoms with Gasteiger partial charge < -0.3 is 30.2 Å². The van der Waals surface area contributed by atoms with Crippen molar-refractivity contribution in [2.75, 3.05) is 19.8 Å². The second-order valence-corrected chi connectivity index (χ2v) is 8.00. The molecule has 4 N–H and O–H groups in total. The van der Waals surface area contributed by atoms with E-state index in [2.05, 4.69) is 33.0 Å². The van der Waals surface area contributed by atoms with Gasteiger partial charge >= 0.3 is 5.97 Å². The topological polar surface area (TPSA) is 124 Å². The van der Waals surface area contributed by atoms with Gasteiger partial charge in [-0.1, -0.05) is 51.9 Å². The van der Waals surface area contributed by atoms with Crippen molar-refractivity contribution in [3.8, 4) is 0 Å². The number of ether oxygens (including phenoxy) is 1. The quantitative estimate of drug-likeness (QED) is 0.279. The van der Waals surface area contributed by atoms with Crippen molar-refractivity contribution in [3.63, 3.8) is 0 Å². The Kier molecular flexibility index (Phi) is 19.4. The molecule has 0 aromatic heterocycles. The molecule has 0 spiro atoms. The predicted octanol–water partition coefficient (Wildman–Crippen LogP) is 1.24. The zero-order valence-corrected chi connectivity index (χ0v) is 18.1. The third-order valence-corrected chi connectivity index (χ3v) is 3.82. The van der Waals surface area contributed by atoms with E-state index in [0.29, 0.717) is 18.8 Å². The maximum Gasteiger partial charge on any atom is 0.328 e. The fraction of sp³-hybridized carbons (Fsp3) is 0.810. The third kappa shape index (κ3) is 29.3. The van der Waals surface area contributed by atoms with Crippen LogP contribution < -0.4 is 10.4 Å². The summed E-state index contributed by atoms with van der Waals surface area (Å²) < 4.78 is 5.54. The van der Waals surface area contributed by atoms with E-state index < -0.39 is 11.9 Å². The summed E-state index contributed by atoms with van der Waals surface area (Å²) in [5.41, 5.74) is 0.179. The highest BCUT2D eigenvalue weighted by Gasteiger charge is 2.15. The molecule has 0 aliphatic carbocycles. The molecule has 0 rings (SSSR count). The average molecular weight is 404 g/mol. The molecule has 0 aromatic carbocycles. The fourth-order valence-corrected chi connectivity index (χ4v) is 2.25. The molecule has 0 aliphatic heterocycles. The number of aliphatic hydroxyl groups excluding tert-OH is 1. The van der Waals surface area contributed by atoms with Crippen molar-refractivity contribution in [1.29, 1.82) is 0 Å². The maximum atomic E-state index is 9.78. The van der Waals surface area contributed by atoms with Crippen LogP contribution in [0.25, 0.3) is 0 Å². The summed E-state index contributed by atoms with van der Waals surface area (Å²) in [5.74, 6) is -2.80. The summed E-state index contributed by atoms with van der Waals surface area (Å²) >= 11 is 0. The standard InChI is InChI=1S/C17H37NO2.C4H4O4/c1-5-6-7-8-9-10-11-12-13-20-15-16(19)14-18-17(2,3)4;5-3(6)1-2-4(7)8/h16,18-19H,5-15H2,1-4H3;1-2H,(H,5,6)(H,7,8)/b;2-1+. The van der Waals surface area contributed by atoms with Crippen LogP contribution in [0.15, 0.2) is 12.2 Å². The minimum absolute atomic E-state index is 0.179. The molecule has 0 fully saturated rings. The number of aliphatic hydroxyl groups is 1. The van der Waals surface area contributed by atoms with Gasteiger partial charge in [-0.2, -0.15) is 0 Å². The van der Waals surface area contributed by atoms with E-state index in [4.69, 9.17) is 9.84 Å². The molecule has 7 nitrogen and oxygen atoms in total. The lowest BCUT2D eigenvalue weighted by molar-refractivity contribution is -0.722. The summed E-state index contributed by atoms with van der Waals surface area (Å²) in [5, 5.41) is 29.2. The first-order valence-corrected chi connectivity index (χ1v) is 10.3. The molecule has 0 bridgehead atoms. The first-order valence-electron chi connectivity index (χ1n) is 10.3. The molecule has 1 unspecified atom stereocenters. The molecule has 1 atom stereocenters. The Morgan fingerprint density at radius 2 is 1.57 bits per heavy atom. The normalized spacial score (nSPS) is 12.5. The Hall–Kier alpha value is -1.44. The Balaban J connectivity index is 0. The van der Waals surface area contributed by atoms with E-state index in [0.717, 1.165) is 19.6 Å². The van der Waals surface area contributed by atoms with Crippen LogP contribution in [0.1, 0.15) is 79.1 Å². The van der Waals surface area contributed by atoms with Crippen LogP contribution in [-0.4, -0.2) is 53.6 Å². The van der Waals surface area contributed by atoms with E-state index in [1.807, 2.05) is 0 Å². The molecule has 7 heteroatoms. The average Bonchev–Trinajstić information content (AvgIpc) is 2.60. The lowest BCUT2D eigenvalue weighted by Crippen LogP contribution is -2.96. The number of quaternary nitrogens is 1. The number of hydrogen-bond donors (Lipinski definition) is 3. The van der Waals surface area contributed by atoms with Crippen molar-refractivity contribution in [2.45, 2.75) is 90.7 Å². The number of carbonyl (C=O) groups excluding carboxylic acids is 1. The molecule has 0 amide bonds. The lowest BCUT2D eigenvalue weighted by atomic mass is 10.1. The maximum absolute atomic E-state index is 9.78. The van der Waals surface area contributed by atoms with E-state index in [-0.39, 0.29) is 11.6 Å². The molecular weight excluding hydrogens is 362 g/mol. The van der Waals surface area contributed by atoms with Crippen molar-refractivity contribution in [2.24, 2.45) is 0 Å². The Morgan fingerprint density at radius 1 is 1.04 bits per heavy atom. The van der Waals surface area contributed by atoms with Gasteiger partial charge in [0.2, 0.25) is 0 Å². The highest BCUT2D eigenvalue weighted by molar-refractivity contribution is 5.88. The third-order valence-electron chi connectivity index (χ3n) is 3.82. The van der Waals surface area contributed by atoms with Crippen LogP contribution in [0, 0.1) is 0 Å². The number of nitrogens with two attached hydrogens (primary N) is 1. The zero-order valence-electron chi connectivity index (χ0n) is 18.1. The fourth-order valence-electron chi connectivity index (χ4n) is 2.25. The first kappa shape index (κ1) is 28.8. The number of hydrogen-bond acceptors (Lipinski definition) is 5. The SMILES string of the molecule is CCCCCCCCCCOCC(O)C[NH2+]C(C)(C)C.O=C([O-])/C=C/C(=O)O. The Labute approximate surface area is 170 Å². The van der Waals surface area contributed by atoms with E-state index >= 15 is 0 Å². The zero-order chi connectivity index (χ0) is 21.8. The second-order valence-electron chi connectivity index (χ2n) is 8.00. The number of rotatable bonds is 15. The molecule has 166 valence electrons. The highest BCUT2D eigenvalue weighted by atomic mass is 16.5. The van der Waals surface area contributed by atoms with Crippen LogP contribution in [-0.2, 0) is 14.3 Å². The van der Waals surface area contributed by atoms with Gasteiger partial charge in [-0.05, 0) is 33.3 Å². The van der Waals surface area contributed by atoms with Crippen LogP contribution in [0.2, 0.25) is 0 Å². The molecule has 0 aromatic rings. The first-order chi connectivity index (χ1) is 13.1. The molecule has 0 radical (unpaired) electrons. The van der Waals surface area contributed by atoms with Gasteiger partial charge in [-0.25, -0.2) is 4.79 Å². The van der Waals surface area contributed by atoms with E-state index in [1.54, 1.807) is 0 Å². The van der Waals surface area contributed by atoms with Crippen LogP contribution in [0.3, 0.4) is 0 Å². The smallest absolute Gasteiger partial charge is 0.328 e. The summed E-state index contributed by atoms with van der Waals surface area (Å²) in [7, 11) is 0. The Morgan fingerprint density at radius 3 is 2.00 bits per heavy atom. The van der Waals surface area contributed by atoms with Crippen LogP contribution in [0.5, 0.6) is 0 Å². The van der Waals surface area contributed by atoms with Gasteiger partial charge in [0.15, 0.2) is 0 Å². The monoisotopic (exact) mass is 403 g/mol. The summed E-state index contributed by atoms with van der Waals surface area (Å²) in [6, 6.07) is 0. The molecule has 0 saturated carbocycles. The van der Waals surface area contributed by atoms with Crippen LogP contribution >= 0.6 is 0 Å². The van der Waals surface area contributed by atoms with Gasteiger partial charge in [0.05, 0.1) is 18.1 Å². The lowest BCUT2D eigenvalue weighted by Gasteiger charge is -2.19. The summed E-state index contributed by atoms with van der Waals surface area (Å²) in [6.45, 7) is 10.7. The number of carboxylic acid groups (broad SMARTS) is 2. The largest absolute Gasteiger partial charge is 0.545 e. The van der Waals surface area contributed by atoms with Gasteiger partial charge in [0.25, 0.3) is 0 Å². The van der Waals surface area contributed by atoms with Gasteiger partial charge in [0.1, 0.15) is 12.6 Å².